The van der Waals surface area contributed by atoms with Crippen LogP contribution in [-0.2, 0) is 19.0 Å². The zero-order valence-corrected chi connectivity index (χ0v) is 13.5. The van der Waals surface area contributed by atoms with Crippen molar-refractivity contribution in [2.45, 2.75) is 55.7 Å². The van der Waals surface area contributed by atoms with Crippen LogP contribution in [-0.4, -0.2) is 52.2 Å². The van der Waals surface area contributed by atoms with Gasteiger partial charge < -0.3 is 19.3 Å². The molecule has 1 aromatic rings. The van der Waals surface area contributed by atoms with Crippen molar-refractivity contribution in [2.75, 3.05) is 0 Å². The van der Waals surface area contributed by atoms with Crippen molar-refractivity contribution in [3.05, 3.63) is 29.3 Å². The zero-order chi connectivity index (χ0) is 17.6. The second kappa shape index (κ2) is 4.47. The van der Waals surface area contributed by atoms with Crippen molar-refractivity contribution in [1.29, 1.82) is 0 Å². The molecule has 7 nitrogen and oxygen atoms in total. The lowest BCUT2D eigenvalue weighted by atomic mass is 9.66. The minimum Gasteiger partial charge on any atom is -0.507 e. The molecule has 3 aliphatic heterocycles. The van der Waals surface area contributed by atoms with Crippen molar-refractivity contribution in [1.82, 2.24) is 0 Å². The summed E-state index contributed by atoms with van der Waals surface area (Å²) in [5.74, 6) is -1.62. The van der Waals surface area contributed by atoms with E-state index in [0.29, 0.717) is 12.8 Å². The monoisotopic (exact) mass is 344 g/mol. The fraction of sp³-hybridized carbons (Fsp3) is 0.500. The Labute approximate surface area is 142 Å². The second-order valence-corrected chi connectivity index (χ2v) is 7.00. The van der Waals surface area contributed by atoms with Crippen molar-refractivity contribution >= 4 is 17.5 Å². The maximum absolute atomic E-state index is 13.3. The summed E-state index contributed by atoms with van der Waals surface area (Å²) in [6, 6.07) is 4.37. The molecule has 5 unspecified atom stereocenters. The third kappa shape index (κ3) is 1.48. The van der Waals surface area contributed by atoms with Crippen LogP contribution in [0.25, 0.3) is 0 Å². The van der Waals surface area contributed by atoms with Crippen LogP contribution in [0, 0.1) is 0 Å². The van der Waals surface area contributed by atoms with Crippen molar-refractivity contribution in [3.8, 4) is 5.75 Å². The van der Waals surface area contributed by atoms with E-state index in [4.69, 9.17) is 14.2 Å². The fourth-order valence-electron chi connectivity index (χ4n) is 4.70. The lowest BCUT2D eigenvalue weighted by Gasteiger charge is -2.39. The topological polar surface area (TPSA) is 102 Å². The third-order valence-corrected chi connectivity index (χ3v) is 5.73. The van der Waals surface area contributed by atoms with E-state index in [1.807, 2.05) is 6.92 Å². The van der Waals surface area contributed by atoms with E-state index in [-0.39, 0.29) is 23.3 Å². The molecule has 5 rings (SSSR count). The maximum atomic E-state index is 13.3. The number of fused-ring (bicyclic) bond motifs is 2. The van der Waals surface area contributed by atoms with E-state index in [0.717, 1.165) is 0 Å². The zero-order valence-electron chi connectivity index (χ0n) is 13.5. The first-order valence-corrected chi connectivity index (χ1v) is 8.44. The minimum absolute atomic E-state index is 0.0342. The molecular weight excluding hydrogens is 328 g/mol. The number of benzene rings is 1. The molecule has 0 saturated carbocycles. The van der Waals surface area contributed by atoms with Gasteiger partial charge in [-0.05, 0) is 12.5 Å². The second-order valence-electron chi connectivity index (χ2n) is 7.00. The number of phenolic OH excluding ortho intramolecular Hbond substituents is 1. The van der Waals surface area contributed by atoms with Crippen LogP contribution in [0.2, 0.25) is 0 Å². The van der Waals surface area contributed by atoms with Crippen LogP contribution in [0.4, 0.5) is 0 Å². The highest BCUT2D eigenvalue weighted by Gasteiger charge is 2.91. The van der Waals surface area contributed by atoms with Gasteiger partial charge in [0.15, 0.2) is 11.7 Å². The Kier molecular flexibility index (Phi) is 2.69. The molecule has 3 heterocycles. The highest BCUT2D eigenvalue weighted by Crippen LogP contribution is 2.66. The van der Waals surface area contributed by atoms with E-state index in [1.54, 1.807) is 0 Å². The summed E-state index contributed by atoms with van der Waals surface area (Å²) in [7, 11) is 0. The van der Waals surface area contributed by atoms with Crippen LogP contribution in [0.3, 0.4) is 0 Å². The van der Waals surface area contributed by atoms with Gasteiger partial charge in [-0.25, -0.2) is 0 Å². The molecule has 0 amide bonds. The SMILES string of the molecule is CCCC1OC2CC(=O)OC2C23OC12C(=O)c1c(O)cccc1C3=O. The number of hydrogen-bond donors (Lipinski definition) is 1. The molecule has 4 aliphatic rings. The smallest absolute Gasteiger partial charge is 0.309 e. The van der Waals surface area contributed by atoms with Crippen molar-refractivity contribution in [2.24, 2.45) is 0 Å². The number of Topliss-reactive ketones (excluding diaryl/α,β-unsaturated/α-hetero) is 2. The molecule has 3 saturated heterocycles. The van der Waals surface area contributed by atoms with E-state index in [9.17, 15) is 19.5 Å². The normalized spacial score (nSPS) is 40.7. The van der Waals surface area contributed by atoms with Crippen LogP contribution < -0.4 is 0 Å². The standard InChI is InChI=1S/C18H16O7/c1-2-4-11-17-15(22)13-8(5-3-6-9(13)19)14(21)18(17,25-17)16-10(23-11)7-12(20)24-16/h3,5-6,10-11,16,19H,2,4,7H2,1H3. The number of carbonyl (C=O) groups excluding carboxylic acids is 3. The van der Waals surface area contributed by atoms with Crippen LogP contribution in [0.5, 0.6) is 5.75 Å². The molecule has 5 atom stereocenters. The molecule has 130 valence electrons. The van der Waals surface area contributed by atoms with Gasteiger partial charge in [-0.15, -0.1) is 0 Å². The van der Waals surface area contributed by atoms with Gasteiger partial charge in [0.1, 0.15) is 11.9 Å². The number of esters is 1. The summed E-state index contributed by atoms with van der Waals surface area (Å²) < 4.78 is 17.2. The summed E-state index contributed by atoms with van der Waals surface area (Å²) in [5.41, 5.74) is -2.97. The van der Waals surface area contributed by atoms with Crippen LogP contribution in [0.15, 0.2) is 18.2 Å². The van der Waals surface area contributed by atoms with E-state index < -0.39 is 47.0 Å². The molecule has 1 aromatic carbocycles. The Morgan fingerprint density at radius 3 is 2.76 bits per heavy atom. The summed E-state index contributed by atoms with van der Waals surface area (Å²) in [4.78, 5) is 38.3. The summed E-state index contributed by atoms with van der Waals surface area (Å²) in [5, 5.41) is 10.2. The first kappa shape index (κ1) is 15.0. The largest absolute Gasteiger partial charge is 0.507 e. The highest BCUT2D eigenvalue weighted by atomic mass is 16.7. The lowest BCUT2D eigenvalue weighted by Crippen LogP contribution is -2.63. The summed E-state index contributed by atoms with van der Waals surface area (Å²) in [6.07, 6.45) is -0.929. The number of phenols is 1. The van der Waals surface area contributed by atoms with E-state index >= 15 is 0 Å². The quantitative estimate of drug-likeness (QED) is 0.634. The Hall–Kier alpha value is -2.25. The van der Waals surface area contributed by atoms with Gasteiger partial charge in [0.25, 0.3) is 0 Å². The van der Waals surface area contributed by atoms with Gasteiger partial charge >= 0.3 is 5.97 Å². The molecule has 7 heteroatoms. The van der Waals surface area contributed by atoms with E-state index in [1.165, 1.54) is 18.2 Å². The molecule has 25 heavy (non-hydrogen) atoms. The van der Waals surface area contributed by atoms with Gasteiger partial charge in [-0.1, -0.05) is 25.5 Å². The number of rotatable bonds is 2. The van der Waals surface area contributed by atoms with Crippen LogP contribution in [0.1, 0.15) is 46.9 Å². The van der Waals surface area contributed by atoms with Gasteiger partial charge in [0, 0.05) is 5.56 Å². The summed E-state index contributed by atoms with van der Waals surface area (Å²) in [6.45, 7) is 1.94. The average Bonchev–Trinajstić information content (AvgIpc) is 3.18. The average molecular weight is 344 g/mol. The minimum atomic E-state index is -1.53. The Morgan fingerprint density at radius 2 is 2.00 bits per heavy atom. The van der Waals surface area contributed by atoms with E-state index in [2.05, 4.69) is 0 Å². The molecule has 1 N–H and O–H groups in total. The fourth-order valence-corrected chi connectivity index (χ4v) is 4.70. The molecule has 0 radical (unpaired) electrons. The Morgan fingerprint density at radius 1 is 1.20 bits per heavy atom. The molecular formula is C18H16O7. The van der Waals surface area contributed by atoms with Gasteiger partial charge in [0.05, 0.1) is 18.1 Å². The van der Waals surface area contributed by atoms with Gasteiger partial charge in [-0.3, -0.25) is 14.4 Å². The number of epoxide rings is 1. The van der Waals surface area contributed by atoms with Crippen molar-refractivity contribution in [3.63, 3.8) is 0 Å². The highest BCUT2D eigenvalue weighted by molar-refractivity contribution is 6.27. The first-order chi connectivity index (χ1) is 12.0. The number of aromatic hydroxyl groups is 1. The molecule has 3 fully saturated rings. The Bertz CT molecular complexity index is 846. The van der Waals surface area contributed by atoms with Gasteiger partial charge in [0.2, 0.25) is 17.2 Å². The molecule has 1 aliphatic carbocycles. The predicted molar refractivity (Wildman–Crippen MR) is 81.4 cm³/mol. The van der Waals surface area contributed by atoms with Crippen LogP contribution >= 0.6 is 0 Å². The first-order valence-electron chi connectivity index (χ1n) is 8.44. The lowest BCUT2D eigenvalue weighted by molar-refractivity contribution is -0.146. The molecule has 0 bridgehead atoms. The summed E-state index contributed by atoms with van der Waals surface area (Å²) >= 11 is 0. The number of ketones is 2. The van der Waals surface area contributed by atoms with Crippen molar-refractivity contribution < 1.29 is 33.7 Å². The molecule has 0 spiro atoms. The Balaban J connectivity index is 1.74. The van der Waals surface area contributed by atoms with Gasteiger partial charge in [-0.2, -0.15) is 0 Å². The number of hydrogen-bond acceptors (Lipinski definition) is 7. The predicted octanol–water partition coefficient (Wildman–Crippen LogP) is 1.16. The maximum Gasteiger partial charge on any atom is 0.309 e. The third-order valence-electron chi connectivity index (χ3n) is 5.73. The molecule has 0 aromatic heterocycles. The number of ether oxygens (including phenoxy) is 3. The number of carbonyl (C=O) groups is 3.